The Morgan fingerprint density at radius 1 is 1.75 bits per heavy atom. The number of nitrogens with zero attached hydrogens (tertiary/aromatic N) is 2. The summed E-state index contributed by atoms with van der Waals surface area (Å²) in [5, 5.41) is 4.07. The highest BCUT2D eigenvalue weighted by Crippen LogP contribution is 2.16. The normalized spacial score (nSPS) is 10.2. The number of aromatic nitrogens is 2. The Bertz CT molecular complexity index is 249. The Balaban J connectivity index is 2.45. The monoisotopic (exact) mass is 233 g/mol. The van der Waals surface area contributed by atoms with Gasteiger partial charge in [0.1, 0.15) is 4.60 Å². The van der Waals surface area contributed by atoms with Crippen molar-refractivity contribution in [2.45, 2.75) is 6.42 Å². The van der Waals surface area contributed by atoms with Crippen LogP contribution in [-0.2, 0) is 7.05 Å². The molecule has 1 heterocycles. The number of ether oxygens (including phenoxy) is 1. The van der Waals surface area contributed by atoms with E-state index >= 15 is 0 Å². The maximum atomic E-state index is 5.39. The standard InChI is InChI=1S/C7H12BrN3O/c1-11-7(5-6(8)10-11)12-4-2-3-9/h5H,2-4,9H2,1H3. The number of hydrogen-bond donors (Lipinski definition) is 1. The van der Waals surface area contributed by atoms with Crippen LogP contribution in [0.5, 0.6) is 5.88 Å². The first-order valence-electron chi connectivity index (χ1n) is 3.76. The molecule has 1 rings (SSSR count). The van der Waals surface area contributed by atoms with E-state index in [1.807, 2.05) is 13.1 Å². The van der Waals surface area contributed by atoms with Gasteiger partial charge in [0.15, 0.2) is 0 Å². The Morgan fingerprint density at radius 2 is 2.50 bits per heavy atom. The number of rotatable bonds is 4. The van der Waals surface area contributed by atoms with Gasteiger partial charge in [-0.1, -0.05) is 0 Å². The van der Waals surface area contributed by atoms with Crippen LogP contribution in [-0.4, -0.2) is 22.9 Å². The van der Waals surface area contributed by atoms with Gasteiger partial charge in [0.2, 0.25) is 5.88 Å². The third kappa shape index (κ3) is 2.49. The summed E-state index contributed by atoms with van der Waals surface area (Å²) in [6.07, 6.45) is 0.864. The molecular weight excluding hydrogens is 222 g/mol. The summed E-state index contributed by atoms with van der Waals surface area (Å²) in [6.45, 7) is 1.29. The van der Waals surface area contributed by atoms with Crippen LogP contribution in [0.15, 0.2) is 10.7 Å². The van der Waals surface area contributed by atoms with Crippen molar-refractivity contribution in [1.29, 1.82) is 0 Å². The average Bonchev–Trinajstić information content (AvgIpc) is 2.31. The molecule has 2 N–H and O–H groups in total. The molecule has 4 nitrogen and oxygen atoms in total. The summed E-state index contributed by atoms with van der Waals surface area (Å²) in [5.41, 5.74) is 5.32. The molecule has 0 saturated heterocycles. The van der Waals surface area contributed by atoms with E-state index in [4.69, 9.17) is 10.5 Å². The third-order valence-electron chi connectivity index (χ3n) is 1.41. The molecule has 0 fully saturated rings. The van der Waals surface area contributed by atoms with Gasteiger partial charge in [-0.3, -0.25) is 0 Å². The highest BCUT2D eigenvalue weighted by atomic mass is 79.9. The first-order chi connectivity index (χ1) is 5.74. The molecule has 1 aromatic heterocycles. The van der Waals surface area contributed by atoms with Crippen LogP contribution in [0.2, 0.25) is 0 Å². The molecule has 0 aliphatic heterocycles. The second kappa shape index (κ2) is 4.47. The molecule has 0 amide bonds. The fourth-order valence-electron chi connectivity index (χ4n) is 0.812. The topological polar surface area (TPSA) is 53.1 Å². The van der Waals surface area contributed by atoms with Crippen molar-refractivity contribution in [2.75, 3.05) is 13.2 Å². The second-order valence-corrected chi connectivity index (χ2v) is 3.23. The summed E-state index contributed by atoms with van der Waals surface area (Å²) in [5.74, 6) is 0.760. The van der Waals surface area contributed by atoms with Crippen molar-refractivity contribution in [3.8, 4) is 5.88 Å². The minimum atomic E-state index is 0.641. The van der Waals surface area contributed by atoms with Gasteiger partial charge in [0, 0.05) is 13.1 Å². The van der Waals surface area contributed by atoms with E-state index in [2.05, 4.69) is 21.0 Å². The Hall–Kier alpha value is -0.550. The molecule has 5 heteroatoms. The molecule has 68 valence electrons. The zero-order valence-electron chi connectivity index (χ0n) is 6.96. The van der Waals surface area contributed by atoms with Gasteiger partial charge >= 0.3 is 0 Å². The van der Waals surface area contributed by atoms with Crippen molar-refractivity contribution >= 4 is 15.9 Å². The molecule has 0 atom stereocenters. The highest BCUT2D eigenvalue weighted by molar-refractivity contribution is 9.10. The van der Waals surface area contributed by atoms with E-state index in [9.17, 15) is 0 Å². The summed E-state index contributed by atoms with van der Waals surface area (Å²) in [4.78, 5) is 0. The predicted molar refractivity (Wildman–Crippen MR) is 50.1 cm³/mol. The van der Waals surface area contributed by atoms with E-state index in [0.29, 0.717) is 13.2 Å². The molecule has 0 aromatic carbocycles. The number of halogens is 1. The maximum Gasteiger partial charge on any atom is 0.212 e. The van der Waals surface area contributed by atoms with Crippen molar-refractivity contribution in [2.24, 2.45) is 12.8 Å². The lowest BCUT2D eigenvalue weighted by atomic mass is 10.5. The molecule has 0 aliphatic rings. The number of hydrogen-bond acceptors (Lipinski definition) is 3. The van der Waals surface area contributed by atoms with Crippen molar-refractivity contribution in [3.63, 3.8) is 0 Å². The van der Waals surface area contributed by atoms with Crippen LogP contribution < -0.4 is 10.5 Å². The third-order valence-corrected chi connectivity index (χ3v) is 1.79. The Labute approximate surface area is 79.8 Å². The van der Waals surface area contributed by atoms with E-state index < -0.39 is 0 Å². The molecule has 0 aliphatic carbocycles. The molecule has 12 heavy (non-hydrogen) atoms. The lowest BCUT2D eigenvalue weighted by Crippen LogP contribution is -2.07. The molecule has 0 saturated carbocycles. The van der Waals surface area contributed by atoms with Crippen molar-refractivity contribution in [1.82, 2.24) is 9.78 Å². The smallest absolute Gasteiger partial charge is 0.212 e. The molecule has 0 radical (unpaired) electrons. The fourth-order valence-corrected chi connectivity index (χ4v) is 1.25. The second-order valence-electron chi connectivity index (χ2n) is 2.42. The van der Waals surface area contributed by atoms with E-state index in [0.717, 1.165) is 16.9 Å². The zero-order valence-corrected chi connectivity index (χ0v) is 8.54. The molecule has 1 aromatic rings. The van der Waals surface area contributed by atoms with Crippen molar-refractivity contribution in [3.05, 3.63) is 10.7 Å². The molecule has 0 unspecified atom stereocenters. The van der Waals surface area contributed by atoms with Gasteiger partial charge in [0.25, 0.3) is 0 Å². The van der Waals surface area contributed by atoms with Gasteiger partial charge in [-0.25, -0.2) is 4.68 Å². The van der Waals surface area contributed by atoms with Crippen molar-refractivity contribution < 1.29 is 4.74 Å². The number of aryl methyl sites for hydroxylation is 1. The zero-order chi connectivity index (χ0) is 8.97. The maximum absolute atomic E-state index is 5.39. The van der Waals surface area contributed by atoms with Gasteiger partial charge in [-0.05, 0) is 28.9 Å². The molecular formula is C7H12BrN3O. The lowest BCUT2D eigenvalue weighted by Gasteiger charge is -2.03. The van der Waals surface area contributed by atoms with Crippen LogP contribution in [0.25, 0.3) is 0 Å². The van der Waals surface area contributed by atoms with Gasteiger partial charge in [-0.2, -0.15) is 5.10 Å². The largest absolute Gasteiger partial charge is 0.478 e. The predicted octanol–water partition coefficient (Wildman–Crippen LogP) is 0.910. The van der Waals surface area contributed by atoms with Crippen LogP contribution in [0.4, 0.5) is 0 Å². The lowest BCUT2D eigenvalue weighted by molar-refractivity contribution is 0.287. The Morgan fingerprint density at radius 3 is 3.00 bits per heavy atom. The average molecular weight is 234 g/mol. The quantitative estimate of drug-likeness (QED) is 0.788. The van der Waals surface area contributed by atoms with Crippen LogP contribution in [0.3, 0.4) is 0 Å². The summed E-state index contributed by atoms with van der Waals surface area (Å²) in [6, 6.07) is 1.83. The van der Waals surface area contributed by atoms with Crippen LogP contribution in [0.1, 0.15) is 6.42 Å². The van der Waals surface area contributed by atoms with E-state index in [-0.39, 0.29) is 0 Å². The minimum Gasteiger partial charge on any atom is -0.478 e. The Kier molecular flexibility index (Phi) is 3.55. The van der Waals surface area contributed by atoms with Gasteiger partial charge in [0.05, 0.1) is 6.61 Å². The minimum absolute atomic E-state index is 0.641. The fraction of sp³-hybridized carbons (Fsp3) is 0.571. The highest BCUT2D eigenvalue weighted by Gasteiger charge is 2.02. The van der Waals surface area contributed by atoms with E-state index in [1.54, 1.807) is 4.68 Å². The van der Waals surface area contributed by atoms with Gasteiger partial charge in [-0.15, -0.1) is 0 Å². The summed E-state index contributed by atoms with van der Waals surface area (Å²) >= 11 is 3.26. The first kappa shape index (κ1) is 9.54. The molecule has 0 spiro atoms. The SMILES string of the molecule is Cn1nc(Br)cc1OCCCN. The summed E-state index contributed by atoms with van der Waals surface area (Å²) < 4.78 is 7.85. The van der Waals surface area contributed by atoms with E-state index in [1.165, 1.54) is 0 Å². The molecule has 0 bridgehead atoms. The first-order valence-corrected chi connectivity index (χ1v) is 4.55. The summed E-state index contributed by atoms with van der Waals surface area (Å²) in [7, 11) is 1.84. The van der Waals surface area contributed by atoms with Crippen LogP contribution in [0, 0.1) is 0 Å². The van der Waals surface area contributed by atoms with Crippen LogP contribution >= 0.6 is 15.9 Å². The van der Waals surface area contributed by atoms with Gasteiger partial charge < -0.3 is 10.5 Å². The number of nitrogens with two attached hydrogens (primary N) is 1.